The zero-order valence-corrected chi connectivity index (χ0v) is 12.4. The minimum atomic E-state index is -2.86. The highest BCUT2D eigenvalue weighted by Crippen LogP contribution is 2.25. The molecule has 0 aliphatic heterocycles. The van der Waals surface area contributed by atoms with E-state index in [1.807, 2.05) is 13.8 Å². The maximum Gasteiger partial charge on any atom is 0.387 e. The molecule has 1 aromatic rings. The first-order valence-electron chi connectivity index (χ1n) is 6.99. The lowest BCUT2D eigenvalue weighted by molar-refractivity contribution is -0.131. The van der Waals surface area contributed by atoms with Crippen LogP contribution in [-0.2, 0) is 11.3 Å². The fourth-order valence-corrected chi connectivity index (χ4v) is 2.15. The van der Waals surface area contributed by atoms with Gasteiger partial charge in [-0.1, -0.05) is 26.0 Å². The summed E-state index contributed by atoms with van der Waals surface area (Å²) in [7, 11) is 0. The van der Waals surface area contributed by atoms with Crippen molar-refractivity contribution in [1.82, 2.24) is 5.32 Å². The Kier molecular flexibility index (Phi) is 6.55. The van der Waals surface area contributed by atoms with E-state index in [1.54, 1.807) is 12.1 Å². The number of alkyl halides is 2. The average Bonchev–Trinajstić information content (AvgIpc) is 2.47. The molecule has 0 spiro atoms. The van der Waals surface area contributed by atoms with Crippen LogP contribution in [0.3, 0.4) is 0 Å². The number of rotatable bonds is 8. The molecule has 0 saturated carbocycles. The summed E-state index contributed by atoms with van der Waals surface area (Å²) in [6.45, 7) is 1.52. The molecule has 0 radical (unpaired) electrons. The first-order valence-corrected chi connectivity index (χ1v) is 6.99. The molecular formula is C15H22F2N2O2. The number of nitrogens with one attached hydrogen (secondary N) is 1. The lowest BCUT2D eigenvalue weighted by atomic mass is 9.81. The van der Waals surface area contributed by atoms with Crippen LogP contribution in [0.4, 0.5) is 8.78 Å². The van der Waals surface area contributed by atoms with Gasteiger partial charge in [0.1, 0.15) is 5.75 Å². The Bertz CT molecular complexity index is 454. The molecule has 3 N–H and O–H groups in total. The summed E-state index contributed by atoms with van der Waals surface area (Å²) >= 11 is 0. The van der Waals surface area contributed by atoms with Crippen molar-refractivity contribution >= 4 is 5.91 Å². The van der Waals surface area contributed by atoms with E-state index in [2.05, 4.69) is 10.1 Å². The summed E-state index contributed by atoms with van der Waals surface area (Å²) in [5, 5.41) is 2.81. The van der Waals surface area contributed by atoms with E-state index in [-0.39, 0.29) is 24.7 Å². The quantitative estimate of drug-likeness (QED) is 0.776. The van der Waals surface area contributed by atoms with Gasteiger partial charge in [-0.25, -0.2) is 0 Å². The summed E-state index contributed by atoms with van der Waals surface area (Å²) in [4.78, 5) is 12.3. The van der Waals surface area contributed by atoms with Crippen LogP contribution in [0.1, 0.15) is 32.3 Å². The molecule has 1 amide bonds. The Morgan fingerprint density at radius 1 is 1.38 bits per heavy atom. The van der Waals surface area contributed by atoms with Gasteiger partial charge in [-0.05, 0) is 30.5 Å². The molecule has 0 aliphatic rings. The summed E-state index contributed by atoms with van der Waals surface area (Å²) in [6.07, 6.45) is 1.31. The van der Waals surface area contributed by atoms with E-state index in [1.165, 1.54) is 12.1 Å². The minimum absolute atomic E-state index is 0.0767. The van der Waals surface area contributed by atoms with Crippen molar-refractivity contribution in [3.8, 4) is 5.75 Å². The number of carbonyl (C=O) groups is 1. The van der Waals surface area contributed by atoms with E-state index in [0.29, 0.717) is 18.4 Å². The molecule has 0 heterocycles. The van der Waals surface area contributed by atoms with Crippen molar-refractivity contribution < 1.29 is 18.3 Å². The summed E-state index contributed by atoms with van der Waals surface area (Å²) < 4.78 is 28.6. The van der Waals surface area contributed by atoms with Gasteiger partial charge >= 0.3 is 6.61 Å². The highest BCUT2D eigenvalue weighted by molar-refractivity contribution is 5.82. The first kappa shape index (κ1) is 17.4. The molecule has 1 aromatic carbocycles. The summed E-state index contributed by atoms with van der Waals surface area (Å²) in [5.41, 5.74) is 5.84. The van der Waals surface area contributed by atoms with Gasteiger partial charge in [0.05, 0.1) is 5.41 Å². The van der Waals surface area contributed by atoms with Crippen molar-refractivity contribution in [1.29, 1.82) is 0 Å². The fourth-order valence-electron chi connectivity index (χ4n) is 2.15. The summed E-state index contributed by atoms with van der Waals surface area (Å²) in [6, 6.07) is 6.27. The zero-order chi connectivity index (χ0) is 15.9. The molecule has 0 atom stereocenters. The van der Waals surface area contributed by atoms with Gasteiger partial charge in [0.2, 0.25) is 5.91 Å². The fraction of sp³-hybridized carbons (Fsp3) is 0.533. The highest BCUT2D eigenvalue weighted by Gasteiger charge is 2.32. The maximum atomic E-state index is 12.3. The largest absolute Gasteiger partial charge is 0.435 e. The number of benzene rings is 1. The second-order valence-electron chi connectivity index (χ2n) is 4.90. The number of amides is 1. The smallest absolute Gasteiger partial charge is 0.387 e. The van der Waals surface area contributed by atoms with Gasteiger partial charge in [0.25, 0.3) is 0 Å². The van der Waals surface area contributed by atoms with Crippen LogP contribution in [0.25, 0.3) is 0 Å². The number of ether oxygens (including phenoxy) is 1. The molecule has 0 saturated heterocycles. The van der Waals surface area contributed by atoms with Gasteiger partial charge in [-0.15, -0.1) is 0 Å². The molecule has 118 valence electrons. The van der Waals surface area contributed by atoms with Crippen molar-refractivity contribution in [3.63, 3.8) is 0 Å². The predicted octanol–water partition coefficient (Wildman–Crippen LogP) is 2.67. The first-order chi connectivity index (χ1) is 9.97. The van der Waals surface area contributed by atoms with Crippen LogP contribution in [0.2, 0.25) is 0 Å². The van der Waals surface area contributed by atoms with Crippen LogP contribution < -0.4 is 15.8 Å². The van der Waals surface area contributed by atoms with Gasteiger partial charge in [-0.2, -0.15) is 8.78 Å². The topological polar surface area (TPSA) is 64.4 Å². The lowest BCUT2D eigenvalue weighted by Crippen LogP contribution is -2.45. The molecule has 6 heteroatoms. The molecule has 21 heavy (non-hydrogen) atoms. The average molecular weight is 300 g/mol. The number of hydrogen-bond acceptors (Lipinski definition) is 3. The SMILES string of the molecule is CCC(CC)(CN)C(=O)NCc1cccc(OC(F)F)c1. The van der Waals surface area contributed by atoms with Gasteiger partial charge < -0.3 is 15.8 Å². The molecule has 4 nitrogen and oxygen atoms in total. The summed E-state index contributed by atoms with van der Waals surface area (Å²) in [5.74, 6) is -0.0389. The van der Waals surface area contributed by atoms with Gasteiger partial charge in [0, 0.05) is 13.1 Å². The van der Waals surface area contributed by atoms with E-state index in [9.17, 15) is 13.6 Å². The Morgan fingerprint density at radius 3 is 2.57 bits per heavy atom. The van der Waals surface area contributed by atoms with E-state index in [0.717, 1.165) is 0 Å². The van der Waals surface area contributed by atoms with Crippen LogP contribution in [0.15, 0.2) is 24.3 Å². The van der Waals surface area contributed by atoms with E-state index < -0.39 is 12.0 Å². The van der Waals surface area contributed by atoms with Gasteiger partial charge in [-0.3, -0.25) is 4.79 Å². The molecule has 0 bridgehead atoms. The maximum absolute atomic E-state index is 12.3. The third kappa shape index (κ3) is 4.67. The number of nitrogens with two attached hydrogens (primary N) is 1. The minimum Gasteiger partial charge on any atom is -0.435 e. The van der Waals surface area contributed by atoms with Crippen LogP contribution >= 0.6 is 0 Å². The molecule has 0 aliphatic carbocycles. The third-order valence-corrected chi connectivity index (χ3v) is 3.80. The van der Waals surface area contributed by atoms with E-state index in [4.69, 9.17) is 5.73 Å². The Morgan fingerprint density at radius 2 is 2.05 bits per heavy atom. The Hall–Kier alpha value is -1.69. The zero-order valence-electron chi connectivity index (χ0n) is 12.4. The molecule has 1 rings (SSSR count). The van der Waals surface area contributed by atoms with Crippen LogP contribution in [0.5, 0.6) is 5.75 Å². The van der Waals surface area contributed by atoms with Crippen molar-refractivity contribution in [2.75, 3.05) is 6.54 Å². The van der Waals surface area contributed by atoms with Gasteiger partial charge in [0.15, 0.2) is 0 Å². The molecule has 0 unspecified atom stereocenters. The van der Waals surface area contributed by atoms with Crippen molar-refractivity contribution in [2.45, 2.75) is 39.8 Å². The normalized spacial score (nSPS) is 11.5. The van der Waals surface area contributed by atoms with E-state index >= 15 is 0 Å². The van der Waals surface area contributed by atoms with Crippen LogP contribution in [0, 0.1) is 5.41 Å². The third-order valence-electron chi connectivity index (χ3n) is 3.80. The Labute approximate surface area is 123 Å². The number of carbonyl (C=O) groups excluding carboxylic acids is 1. The lowest BCUT2D eigenvalue weighted by Gasteiger charge is -2.28. The number of hydrogen-bond donors (Lipinski definition) is 2. The molecular weight excluding hydrogens is 278 g/mol. The standard InChI is InChI=1S/C15H22F2N2O2/c1-3-15(4-2,10-18)13(20)19-9-11-6-5-7-12(8-11)21-14(16)17/h5-8,14H,3-4,9-10,18H2,1-2H3,(H,19,20). The predicted molar refractivity (Wildman–Crippen MR) is 77.0 cm³/mol. The second-order valence-corrected chi connectivity index (χ2v) is 4.90. The Balaban J connectivity index is 2.68. The monoisotopic (exact) mass is 300 g/mol. The second kappa shape index (κ2) is 7.93. The van der Waals surface area contributed by atoms with Crippen molar-refractivity contribution in [2.24, 2.45) is 11.1 Å². The highest BCUT2D eigenvalue weighted by atomic mass is 19.3. The molecule has 0 fully saturated rings. The number of halogens is 2. The van der Waals surface area contributed by atoms with Crippen molar-refractivity contribution in [3.05, 3.63) is 29.8 Å². The van der Waals surface area contributed by atoms with Crippen LogP contribution in [-0.4, -0.2) is 19.1 Å². The molecule has 0 aromatic heterocycles.